The van der Waals surface area contributed by atoms with Crippen molar-refractivity contribution in [3.05, 3.63) is 35.4 Å². The Hall–Kier alpha value is -1.63. The van der Waals surface area contributed by atoms with Crippen LogP contribution in [0.1, 0.15) is 31.2 Å². The summed E-state index contributed by atoms with van der Waals surface area (Å²) in [4.78, 5) is 16.1. The topological polar surface area (TPSA) is 23.6 Å². The lowest BCUT2D eigenvalue weighted by molar-refractivity contribution is -0.143. The van der Waals surface area contributed by atoms with Gasteiger partial charge < -0.3 is 4.90 Å². The molecule has 0 saturated carbocycles. The number of rotatable bonds is 3. The first-order chi connectivity index (χ1) is 11.8. The van der Waals surface area contributed by atoms with Crippen molar-refractivity contribution in [3.8, 4) is 0 Å². The molecule has 7 heteroatoms. The lowest BCUT2D eigenvalue weighted by atomic mass is 9.94. The summed E-state index contributed by atoms with van der Waals surface area (Å²) in [5.41, 5.74) is 0.395. The molecule has 0 radical (unpaired) electrons. The summed E-state index contributed by atoms with van der Waals surface area (Å²) in [6, 6.07) is 3.50. The van der Waals surface area contributed by atoms with Crippen molar-refractivity contribution in [2.75, 3.05) is 26.2 Å². The molecule has 138 valence electrons. The summed E-state index contributed by atoms with van der Waals surface area (Å²) >= 11 is 0. The van der Waals surface area contributed by atoms with Crippen LogP contribution in [0.25, 0.3) is 0 Å². The van der Waals surface area contributed by atoms with Crippen molar-refractivity contribution in [1.82, 2.24) is 9.80 Å². The van der Waals surface area contributed by atoms with Crippen molar-refractivity contribution in [2.45, 2.75) is 38.2 Å². The maximum atomic E-state index is 13.8. The van der Waals surface area contributed by atoms with E-state index in [1.165, 1.54) is 17.0 Å². The molecule has 25 heavy (non-hydrogen) atoms. The molecule has 0 aliphatic carbocycles. The Morgan fingerprint density at radius 3 is 2.56 bits per heavy atom. The van der Waals surface area contributed by atoms with Crippen LogP contribution >= 0.6 is 0 Å². The second-order valence-electron chi connectivity index (χ2n) is 6.99. The van der Waals surface area contributed by atoms with E-state index in [4.69, 9.17) is 0 Å². The Balaban J connectivity index is 1.58. The summed E-state index contributed by atoms with van der Waals surface area (Å²) in [5, 5.41) is 0. The van der Waals surface area contributed by atoms with Gasteiger partial charge in [0.1, 0.15) is 11.6 Å². The quantitative estimate of drug-likeness (QED) is 0.773. The van der Waals surface area contributed by atoms with Crippen molar-refractivity contribution in [1.29, 1.82) is 0 Å². The van der Waals surface area contributed by atoms with Crippen LogP contribution in [0.2, 0.25) is 0 Å². The number of amides is 1. The Morgan fingerprint density at radius 2 is 1.88 bits per heavy atom. The molecule has 1 aromatic carbocycles. The fraction of sp³-hybridized carbons (Fsp3) is 0.611. The number of hydrogen-bond acceptors (Lipinski definition) is 2. The van der Waals surface area contributed by atoms with Gasteiger partial charge >= 0.3 is 0 Å². The largest absolute Gasteiger partial charge is 0.342 e. The first-order valence-corrected chi connectivity index (χ1v) is 8.67. The van der Waals surface area contributed by atoms with E-state index in [1.54, 1.807) is 0 Å². The van der Waals surface area contributed by atoms with Crippen LogP contribution in [-0.2, 0) is 11.3 Å². The number of hydrogen-bond donors (Lipinski definition) is 0. The van der Waals surface area contributed by atoms with Crippen LogP contribution in [0.15, 0.2) is 18.2 Å². The normalized spacial score (nSPS) is 24.3. The van der Waals surface area contributed by atoms with Gasteiger partial charge in [-0.2, -0.15) is 0 Å². The number of halogens is 4. The van der Waals surface area contributed by atoms with Crippen LogP contribution in [0, 0.1) is 17.6 Å². The van der Waals surface area contributed by atoms with Crippen molar-refractivity contribution < 1.29 is 22.4 Å². The standard InChI is InChI=1S/C18H22F4N2O/c19-15-4-3-13(16(20)10-15)11-23-7-1-2-14(12-23)17(25)24-8-5-18(21,22)6-9-24/h3-4,10,14H,1-2,5-9,11-12H2. The Kier molecular flexibility index (Phi) is 5.32. The minimum absolute atomic E-state index is 0.0835. The van der Waals surface area contributed by atoms with Gasteiger partial charge in [0.15, 0.2) is 0 Å². The Morgan fingerprint density at radius 1 is 1.16 bits per heavy atom. The molecule has 2 aliphatic heterocycles. The van der Waals surface area contributed by atoms with Crippen LogP contribution < -0.4 is 0 Å². The highest BCUT2D eigenvalue weighted by atomic mass is 19.3. The van der Waals surface area contributed by atoms with Crippen LogP contribution in [0.5, 0.6) is 0 Å². The van der Waals surface area contributed by atoms with E-state index < -0.39 is 17.6 Å². The van der Waals surface area contributed by atoms with E-state index in [0.29, 0.717) is 25.1 Å². The van der Waals surface area contributed by atoms with Gasteiger partial charge in [-0.3, -0.25) is 9.69 Å². The molecule has 2 fully saturated rings. The molecule has 2 heterocycles. The second kappa shape index (κ2) is 7.32. The molecular formula is C18H22F4N2O. The van der Waals surface area contributed by atoms with E-state index in [2.05, 4.69) is 0 Å². The predicted octanol–water partition coefficient (Wildman–Crippen LogP) is 3.43. The van der Waals surface area contributed by atoms with Gasteiger partial charge in [0.2, 0.25) is 5.91 Å². The number of likely N-dealkylation sites (tertiary alicyclic amines) is 2. The van der Waals surface area contributed by atoms with Gasteiger partial charge in [-0.25, -0.2) is 17.6 Å². The van der Waals surface area contributed by atoms with Crippen molar-refractivity contribution in [3.63, 3.8) is 0 Å². The van der Waals surface area contributed by atoms with Gasteiger partial charge in [0, 0.05) is 50.7 Å². The number of alkyl halides is 2. The van der Waals surface area contributed by atoms with Gasteiger partial charge in [0.25, 0.3) is 5.92 Å². The zero-order chi connectivity index (χ0) is 18.0. The molecule has 0 spiro atoms. The molecule has 0 aromatic heterocycles. The fourth-order valence-electron chi connectivity index (χ4n) is 3.60. The number of carbonyl (C=O) groups is 1. The highest BCUT2D eigenvalue weighted by Gasteiger charge is 2.38. The van der Waals surface area contributed by atoms with E-state index in [0.717, 1.165) is 19.0 Å². The van der Waals surface area contributed by atoms with Crippen LogP contribution in [0.4, 0.5) is 17.6 Å². The van der Waals surface area contributed by atoms with Gasteiger partial charge in [-0.15, -0.1) is 0 Å². The highest BCUT2D eigenvalue weighted by Crippen LogP contribution is 2.29. The third-order valence-corrected chi connectivity index (χ3v) is 5.07. The summed E-state index contributed by atoms with van der Waals surface area (Å²) in [5.74, 6) is -4.21. The highest BCUT2D eigenvalue weighted by molar-refractivity contribution is 5.79. The average Bonchev–Trinajstić information content (AvgIpc) is 2.57. The zero-order valence-corrected chi connectivity index (χ0v) is 14.0. The summed E-state index contributed by atoms with van der Waals surface area (Å²) in [6.45, 7) is 1.71. The molecule has 2 aliphatic rings. The summed E-state index contributed by atoms with van der Waals surface area (Å²) < 4.78 is 53.3. The minimum atomic E-state index is -2.67. The molecule has 0 bridgehead atoms. The average molecular weight is 358 g/mol. The molecule has 1 unspecified atom stereocenters. The van der Waals surface area contributed by atoms with E-state index in [9.17, 15) is 22.4 Å². The number of carbonyl (C=O) groups excluding carboxylic acids is 1. The van der Waals surface area contributed by atoms with Gasteiger partial charge in [-0.1, -0.05) is 6.07 Å². The van der Waals surface area contributed by atoms with Crippen molar-refractivity contribution in [2.24, 2.45) is 5.92 Å². The molecule has 3 nitrogen and oxygen atoms in total. The number of nitrogens with zero attached hydrogens (tertiary/aromatic N) is 2. The maximum Gasteiger partial charge on any atom is 0.251 e. The van der Waals surface area contributed by atoms with Gasteiger partial charge in [-0.05, 0) is 25.5 Å². The lowest BCUT2D eigenvalue weighted by Crippen LogP contribution is -2.48. The smallest absolute Gasteiger partial charge is 0.251 e. The number of piperidine rings is 2. The van der Waals surface area contributed by atoms with Crippen LogP contribution in [-0.4, -0.2) is 47.8 Å². The molecule has 1 amide bonds. The third-order valence-electron chi connectivity index (χ3n) is 5.07. The Labute approximate surface area is 144 Å². The van der Waals surface area contributed by atoms with E-state index in [-0.39, 0.29) is 37.8 Å². The fourth-order valence-corrected chi connectivity index (χ4v) is 3.60. The Bertz CT molecular complexity index is 628. The third kappa shape index (κ3) is 4.51. The maximum absolute atomic E-state index is 13.8. The minimum Gasteiger partial charge on any atom is -0.342 e. The molecule has 2 saturated heterocycles. The van der Waals surface area contributed by atoms with E-state index >= 15 is 0 Å². The van der Waals surface area contributed by atoms with Crippen LogP contribution in [0.3, 0.4) is 0 Å². The predicted molar refractivity (Wildman–Crippen MR) is 85.1 cm³/mol. The zero-order valence-electron chi connectivity index (χ0n) is 14.0. The molecule has 3 rings (SSSR count). The first-order valence-electron chi connectivity index (χ1n) is 8.67. The molecular weight excluding hydrogens is 336 g/mol. The first kappa shape index (κ1) is 18.2. The monoisotopic (exact) mass is 358 g/mol. The summed E-state index contributed by atoms with van der Waals surface area (Å²) in [6.07, 6.45) is 0.948. The van der Waals surface area contributed by atoms with E-state index in [1.807, 2.05) is 4.90 Å². The second-order valence-corrected chi connectivity index (χ2v) is 6.99. The molecule has 1 aromatic rings. The van der Waals surface area contributed by atoms with Crippen molar-refractivity contribution >= 4 is 5.91 Å². The SMILES string of the molecule is O=C(C1CCCN(Cc2ccc(F)cc2F)C1)N1CCC(F)(F)CC1. The molecule has 0 N–H and O–H groups in total. The lowest BCUT2D eigenvalue weighted by Gasteiger charge is -2.37. The molecule has 1 atom stereocenters. The number of benzene rings is 1. The van der Waals surface area contributed by atoms with Gasteiger partial charge in [0.05, 0.1) is 5.92 Å². The summed E-state index contributed by atoms with van der Waals surface area (Å²) in [7, 11) is 0.